The topological polar surface area (TPSA) is 78.3 Å². The molecule has 1 aliphatic rings. The molecule has 0 aliphatic heterocycles. The first-order valence-corrected chi connectivity index (χ1v) is 4.40. The molecule has 4 nitrogen and oxygen atoms in total. The molecule has 0 amide bonds. The van der Waals surface area contributed by atoms with Crippen molar-refractivity contribution in [3.05, 3.63) is 0 Å². The van der Waals surface area contributed by atoms with E-state index in [-0.39, 0.29) is 12.1 Å². The van der Waals surface area contributed by atoms with E-state index in [9.17, 15) is 4.79 Å². The zero-order valence-corrected chi connectivity index (χ0v) is 7.16. The maximum absolute atomic E-state index is 11.1. The highest BCUT2D eigenvalue weighted by atomic mass is 16.5. The lowest BCUT2D eigenvalue weighted by molar-refractivity contribution is -0.146. The molecule has 0 radical (unpaired) electrons. The van der Waals surface area contributed by atoms with Crippen LogP contribution in [0.2, 0.25) is 0 Å². The summed E-state index contributed by atoms with van der Waals surface area (Å²) in [7, 11) is 0. The number of hydrogen-bond donors (Lipinski definition) is 2. The van der Waals surface area contributed by atoms with Gasteiger partial charge in [0.05, 0.1) is 0 Å². The minimum Gasteiger partial charge on any atom is -0.461 e. The quantitative estimate of drug-likeness (QED) is 0.561. The van der Waals surface area contributed by atoms with Crippen LogP contribution < -0.4 is 11.5 Å². The Morgan fingerprint density at radius 2 is 2.25 bits per heavy atom. The van der Waals surface area contributed by atoms with Crippen LogP contribution in [0.4, 0.5) is 0 Å². The molecule has 0 aromatic heterocycles. The first-order valence-electron chi connectivity index (χ1n) is 4.40. The predicted molar refractivity (Wildman–Crippen MR) is 45.4 cm³/mol. The van der Waals surface area contributed by atoms with Crippen LogP contribution in [0.1, 0.15) is 25.7 Å². The Morgan fingerprint density at radius 1 is 1.58 bits per heavy atom. The number of rotatable bonds is 5. The van der Waals surface area contributed by atoms with Gasteiger partial charge in [0.2, 0.25) is 0 Å². The number of hydrogen-bond acceptors (Lipinski definition) is 4. The second kappa shape index (κ2) is 4.42. The van der Waals surface area contributed by atoms with Crippen molar-refractivity contribution in [2.45, 2.75) is 37.8 Å². The van der Waals surface area contributed by atoms with Crippen molar-refractivity contribution in [2.24, 2.45) is 11.5 Å². The van der Waals surface area contributed by atoms with Gasteiger partial charge in [0.25, 0.3) is 0 Å². The third-order valence-corrected chi connectivity index (χ3v) is 1.83. The summed E-state index contributed by atoms with van der Waals surface area (Å²) in [6.07, 6.45) is 3.55. The van der Waals surface area contributed by atoms with Gasteiger partial charge in [0.1, 0.15) is 12.1 Å². The van der Waals surface area contributed by atoms with Crippen LogP contribution in [0, 0.1) is 0 Å². The highest BCUT2D eigenvalue weighted by Crippen LogP contribution is 2.23. The molecule has 0 aromatic carbocycles. The van der Waals surface area contributed by atoms with Crippen LogP contribution in [0.15, 0.2) is 0 Å². The van der Waals surface area contributed by atoms with Gasteiger partial charge >= 0.3 is 5.97 Å². The third kappa shape index (κ3) is 3.19. The lowest BCUT2D eigenvalue weighted by Gasteiger charge is -2.09. The normalized spacial score (nSPS) is 18.8. The molecule has 0 saturated heterocycles. The summed E-state index contributed by atoms with van der Waals surface area (Å²) >= 11 is 0. The molecule has 1 aliphatic carbocycles. The van der Waals surface area contributed by atoms with Gasteiger partial charge in [-0.1, -0.05) is 0 Å². The van der Waals surface area contributed by atoms with Crippen LogP contribution in [0.25, 0.3) is 0 Å². The van der Waals surface area contributed by atoms with E-state index < -0.39 is 6.04 Å². The van der Waals surface area contributed by atoms with Gasteiger partial charge in [-0.05, 0) is 32.2 Å². The van der Waals surface area contributed by atoms with Crippen LogP contribution in [0.5, 0.6) is 0 Å². The lowest BCUT2D eigenvalue weighted by atomic mass is 10.2. The monoisotopic (exact) mass is 172 g/mol. The zero-order chi connectivity index (χ0) is 8.97. The maximum atomic E-state index is 11.1. The molecule has 0 aromatic rings. The predicted octanol–water partition coefficient (Wildman–Crippen LogP) is -0.242. The Morgan fingerprint density at radius 3 is 2.75 bits per heavy atom. The van der Waals surface area contributed by atoms with Crippen molar-refractivity contribution < 1.29 is 9.53 Å². The fourth-order valence-electron chi connectivity index (χ4n) is 0.893. The Hall–Kier alpha value is -0.610. The number of ether oxygens (including phenoxy) is 1. The van der Waals surface area contributed by atoms with Gasteiger partial charge in [-0.3, -0.25) is 4.79 Å². The first kappa shape index (κ1) is 9.48. The summed E-state index contributed by atoms with van der Waals surface area (Å²) < 4.78 is 5.02. The first-order chi connectivity index (χ1) is 5.74. The standard InChI is InChI=1S/C8H16N2O2/c9-5-1-2-7(10)8(11)12-6-3-4-6/h6-7H,1-5,9-10H2/t7-/m1/s1. The molecule has 0 heterocycles. The number of esters is 1. The fourth-order valence-corrected chi connectivity index (χ4v) is 0.893. The van der Waals surface area contributed by atoms with Crippen LogP contribution in [0.3, 0.4) is 0 Å². The van der Waals surface area contributed by atoms with E-state index in [1.165, 1.54) is 0 Å². The van der Waals surface area contributed by atoms with E-state index >= 15 is 0 Å². The highest BCUT2D eigenvalue weighted by molar-refractivity contribution is 5.75. The maximum Gasteiger partial charge on any atom is 0.323 e. The molecule has 0 unspecified atom stereocenters. The minimum absolute atomic E-state index is 0.154. The van der Waals surface area contributed by atoms with Crippen molar-refractivity contribution in [2.75, 3.05) is 6.54 Å². The van der Waals surface area contributed by atoms with E-state index in [0.29, 0.717) is 13.0 Å². The van der Waals surface area contributed by atoms with E-state index in [2.05, 4.69) is 0 Å². The summed E-state index contributed by atoms with van der Waals surface area (Å²) in [5.74, 6) is -0.272. The largest absolute Gasteiger partial charge is 0.461 e. The van der Waals surface area contributed by atoms with Crippen molar-refractivity contribution in [1.82, 2.24) is 0 Å². The fraction of sp³-hybridized carbons (Fsp3) is 0.875. The Bertz CT molecular complexity index is 157. The molecule has 0 bridgehead atoms. The van der Waals surface area contributed by atoms with Crippen molar-refractivity contribution in [3.8, 4) is 0 Å². The molecule has 1 fully saturated rings. The minimum atomic E-state index is -0.478. The van der Waals surface area contributed by atoms with E-state index in [1.807, 2.05) is 0 Å². The molecule has 4 heteroatoms. The van der Waals surface area contributed by atoms with Gasteiger partial charge in [-0.25, -0.2) is 0 Å². The second-order valence-corrected chi connectivity index (χ2v) is 3.17. The molecule has 70 valence electrons. The van der Waals surface area contributed by atoms with Gasteiger partial charge in [0, 0.05) is 0 Å². The molecular weight excluding hydrogens is 156 g/mol. The van der Waals surface area contributed by atoms with Crippen molar-refractivity contribution in [1.29, 1.82) is 0 Å². The second-order valence-electron chi connectivity index (χ2n) is 3.17. The van der Waals surface area contributed by atoms with Gasteiger partial charge in [-0.15, -0.1) is 0 Å². The van der Waals surface area contributed by atoms with E-state index in [1.54, 1.807) is 0 Å². The zero-order valence-electron chi connectivity index (χ0n) is 7.16. The number of nitrogens with two attached hydrogens (primary N) is 2. The summed E-state index contributed by atoms with van der Waals surface area (Å²) in [4.78, 5) is 11.1. The van der Waals surface area contributed by atoms with Gasteiger partial charge in [0.15, 0.2) is 0 Å². The Kier molecular flexibility index (Phi) is 3.49. The van der Waals surface area contributed by atoms with Gasteiger partial charge < -0.3 is 16.2 Å². The average Bonchev–Trinajstić information content (AvgIpc) is 2.83. The van der Waals surface area contributed by atoms with E-state index in [0.717, 1.165) is 19.3 Å². The summed E-state index contributed by atoms with van der Waals surface area (Å²) in [5.41, 5.74) is 10.8. The molecule has 4 N–H and O–H groups in total. The van der Waals surface area contributed by atoms with Crippen molar-refractivity contribution in [3.63, 3.8) is 0 Å². The van der Waals surface area contributed by atoms with Crippen LogP contribution >= 0.6 is 0 Å². The van der Waals surface area contributed by atoms with Crippen LogP contribution in [-0.2, 0) is 9.53 Å². The molecule has 0 spiro atoms. The Labute approximate surface area is 72.2 Å². The van der Waals surface area contributed by atoms with Gasteiger partial charge in [-0.2, -0.15) is 0 Å². The SMILES string of the molecule is NCCC[C@@H](N)C(=O)OC1CC1. The molecule has 1 rings (SSSR count). The number of carbonyl (C=O) groups excluding carboxylic acids is 1. The van der Waals surface area contributed by atoms with E-state index in [4.69, 9.17) is 16.2 Å². The molecule has 12 heavy (non-hydrogen) atoms. The third-order valence-electron chi connectivity index (χ3n) is 1.83. The highest BCUT2D eigenvalue weighted by Gasteiger charge is 2.28. The molecular formula is C8H16N2O2. The Balaban J connectivity index is 2.11. The number of carbonyl (C=O) groups is 1. The van der Waals surface area contributed by atoms with Crippen molar-refractivity contribution >= 4 is 5.97 Å². The summed E-state index contributed by atoms with van der Waals surface area (Å²) in [6.45, 7) is 0.574. The molecule has 1 atom stereocenters. The smallest absolute Gasteiger partial charge is 0.323 e. The lowest BCUT2D eigenvalue weighted by Crippen LogP contribution is -2.33. The summed E-state index contributed by atoms with van der Waals surface area (Å²) in [5, 5.41) is 0. The molecule has 1 saturated carbocycles. The summed E-state index contributed by atoms with van der Waals surface area (Å²) in [6, 6.07) is -0.478. The van der Waals surface area contributed by atoms with Crippen LogP contribution in [-0.4, -0.2) is 24.7 Å². The average molecular weight is 172 g/mol.